The standard InChI is InChI=1S/C14H17ClN2O2S/c1-19-13-4-3-9(5-12(13)15)14(18)17-10-6-11(17)8-16(7-10)20-2/h3-5,10-11H,6-8H2,1-2H3. The number of carbonyl (C=O) groups is 1. The van der Waals surface area contributed by atoms with Gasteiger partial charge in [-0.15, -0.1) is 0 Å². The highest BCUT2D eigenvalue weighted by molar-refractivity contribution is 7.96. The molecule has 2 aliphatic rings. The molecule has 2 aliphatic heterocycles. The van der Waals surface area contributed by atoms with Gasteiger partial charge in [0.2, 0.25) is 0 Å². The Bertz CT molecular complexity index is 528. The van der Waals surface area contributed by atoms with Crippen LogP contribution in [0.5, 0.6) is 5.75 Å². The highest BCUT2D eigenvalue weighted by atomic mass is 35.5. The molecule has 0 aromatic heterocycles. The summed E-state index contributed by atoms with van der Waals surface area (Å²) in [7, 11) is 1.57. The summed E-state index contributed by atoms with van der Waals surface area (Å²) in [6.07, 6.45) is 3.20. The molecule has 1 aromatic carbocycles. The van der Waals surface area contributed by atoms with Crippen molar-refractivity contribution in [2.24, 2.45) is 0 Å². The Labute approximate surface area is 128 Å². The molecular weight excluding hydrogens is 296 g/mol. The van der Waals surface area contributed by atoms with E-state index in [1.807, 2.05) is 4.90 Å². The number of nitrogens with zero attached hydrogens (tertiary/aromatic N) is 2. The molecular formula is C14H17ClN2O2S. The van der Waals surface area contributed by atoms with Gasteiger partial charge in [-0.3, -0.25) is 4.79 Å². The van der Waals surface area contributed by atoms with Crippen LogP contribution >= 0.6 is 23.5 Å². The number of piperazine rings is 1. The monoisotopic (exact) mass is 312 g/mol. The van der Waals surface area contributed by atoms with E-state index in [2.05, 4.69) is 10.6 Å². The van der Waals surface area contributed by atoms with Crippen molar-refractivity contribution in [1.82, 2.24) is 9.21 Å². The summed E-state index contributed by atoms with van der Waals surface area (Å²) >= 11 is 7.85. The van der Waals surface area contributed by atoms with E-state index in [1.165, 1.54) is 0 Å². The lowest BCUT2D eigenvalue weighted by Crippen LogP contribution is -2.68. The fourth-order valence-corrected chi connectivity index (χ4v) is 3.90. The molecule has 1 aromatic rings. The number of fused-ring (bicyclic) bond motifs is 2. The van der Waals surface area contributed by atoms with Crippen LogP contribution in [0.2, 0.25) is 5.02 Å². The molecule has 3 rings (SSSR count). The second-order valence-corrected chi connectivity index (χ2v) is 6.42. The lowest BCUT2D eigenvalue weighted by Gasteiger charge is -2.55. The predicted octanol–water partition coefficient (Wildman–Crippen LogP) is 2.53. The van der Waals surface area contributed by atoms with Crippen LogP contribution in [0, 0.1) is 0 Å². The largest absolute Gasteiger partial charge is 0.495 e. The molecule has 2 atom stereocenters. The Morgan fingerprint density at radius 1 is 1.40 bits per heavy atom. The third kappa shape index (κ3) is 2.28. The van der Waals surface area contributed by atoms with Gasteiger partial charge in [0.15, 0.2) is 0 Å². The molecule has 0 N–H and O–H groups in total. The number of carbonyl (C=O) groups excluding carboxylic acids is 1. The third-order valence-corrected chi connectivity index (χ3v) is 5.16. The van der Waals surface area contributed by atoms with E-state index in [1.54, 1.807) is 37.3 Å². The van der Waals surface area contributed by atoms with Crippen LogP contribution in [0.4, 0.5) is 0 Å². The first-order chi connectivity index (χ1) is 9.63. The first-order valence-electron chi connectivity index (χ1n) is 6.59. The molecule has 2 saturated heterocycles. The molecule has 1 amide bonds. The van der Waals surface area contributed by atoms with Gasteiger partial charge in [0.1, 0.15) is 5.75 Å². The normalized spacial score (nSPS) is 25.2. The first kappa shape index (κ1) is 14.0. The maximum absolute atomic E-state index is 12.6. The first-order valence-corrected chi connectivity index (χ1v) is 8.15. The summed E-state index contributed by atoms with van der Waals surface area (Å²) in [5.74, 6) is 0.678. The highest BCUT2D eigenvalue weighted by Gasteiger charge is 2.47. The number of rotatable bonds is 3. The molecule has 2 unspecified atom stereocenters. The Hall–Kier alpha value is -0.910. The van der Waals surface area contributed by atoms with Crippen LogP contribution in [-0.4, -0.2) is 53.7 Å². The number of piperidine rings is 1. The van der Waals surface area contributed by atoms with Gasteiger partial charge in [0.25, 0.3) is 5.91 Å². The number of benzene rings is 1. The van der Waals surface area contributed by atoms with Crippen molar-refractivity contribution in [3.8, 4) is 5.75 Å². The average Bonchev–Trinajstić information content (AvgIpc) is 2.47. The average molecular weight is 313 g/mol. The van der Waals surface area contributed by atoms with Crippen LogP contribution in [0.25, 0.3) is 0 Å². The molecule has 0 saturated carbocycles. The van der Waals surface area contributed by atoms with Crippen LogP contribution < -0.4 is 4.74 Å². The summed E-state index contributed by atoms with van der Waals surface area (Å²) in [5, 5.41) is 0.481. The molecule has 4 nitrogen and oxygen atoms in total. The van der Waals surface area contributed by atoms with Gasteiger partial charge in [-0.25, -0.2) is 4.31 Å². The van der Waals surface area contributed by atoms with Crippen molar-refractivity contribution in [1.29, 1.82) is 0 Å². The molecule has 2 fully saturated rings. The van der Waals surface area contributed by atoms with E-state index in [9.17, 15) is 4.79 Å². The second-order valence-electron chi connectivity index (χ2n) is 5.13. The number of hydrogen-bond acceptors (Lipinski definition) is 4. The zero-order valence-corrected chi connectivity index (χ0v) is 13.1. The van der Waals surface area contributed by atoms with Crippen molar-refractivity contribution in [3.63, 3.8) is 0 Å². The van der Waals surface area contributed by atoms with E-state index in [-0.39, 0.29) is 5.91 Å². The molecule has 0 aliphatic carbocycles. The van der Waals surface area contributed by atoms with Gasteiger partial charge in [-0.2, -0.15) is 0 Å². The van der Waals surface area contributed by atoms with Gasteiger partial charge in [-0.05, 0) is 30.9 Å². The molecule has 2 bridgehead atoms. The van der Waals surface area contributed by atoms with Crippen molar-refractivity contribution < 1.29 is 9.53 Å². The topological polar surface area (TPSA) is 32.8 Å². The minimum absolute atomic E-state index is 0.0801. The lowest BCUT2D eigenvalue weighted by atomic mass is 9.88. The van der Waals surface area contributed by atoms with Crippen LogP contribution in [0.1, 0.15) is 16.8 Å². The lowest BCUT2D eigenvalue weighted by molar-refractivity contribution is -0.0221. The van der Waals surface area contributed by atoms with E-state index >= 15 is 0 Å². The van der Waals surface area contributed by atoms with Gasteiger partial charge < -0.3 is 9.64 Å². The summed E-state index contributed by atoms with van der Waals surface area (Å²) in [5.41, 5.74) is 0.642. The van der Waals surface area contributed by atoms with Gasteiger partial charge in [0.05, 0.1) is 12.1 Å². The van der Waals surface area contributed by atoms with Crippen LogP contribution in [0.15, 0.2) is 18.2 Å². The van der Waals surface area contributed by atoms with Gasteiger partial charge in [0, 0.05) is 30.7 Å². The summed E-state index contributed by atoms with van der Waals surface area (Å²) in [4.78, 5) is 14.6. The van der Waals surface area contributed by atoms with E-state index < -0.39 is 0 Å². The molecule has 6 heteroatoms. The van der Waals surface area contributed by atoms with Crippen molar-refractivity contribution >= 4 is 29.5 Å². The minimum Gasteiger partial charge on any atom is -0.495 e. The number of methoxy groups -OCH3 is 1. The molecule has 108 valence electrons. The summed E-state index contributed by atoms with van der Waals surface area (Å²) < 4.78 is 7.44. The number of ether oxygens (including phenoxy) is 1. The summed E-state index contributed by atoms with van der Waals surface area (Å²) in [6.45, 7) is 1.90. The minimum atomic E-state index is 0.0801. The zero-order chi connectivity index (χ0) is 14.3. The Balaban J connectivity index is 1.76. The smallest absolute Gasteiger partial charge is 0.254 e. The van der Waals surface area contributed by atoms with E-state index in [0.29, 0.717) is 28.4 Å². The van der Waals surface area contributed by atoms with E-state index in [0.717, 1.165) is 19.5 Å². The maximum atomic E-state index is 12.6. The fraction of sp³-hybridized carbons (Fsp3) is 0.500. The number of hydrogen-bond donors (Lipinski definition) is 0. The quantitative estimate of drug-likeness (QED) is 0.803. The van der Waals surface area contributed by atoms with Gasteiger partial charge >= 0.3 is 0 Å². The number of halogens is 1. The fourth-order valence-electron chi connectivity index (χ4n) is 3.00. The number of amides is 1. The van der Waals surface area contributed by atoms with Crippen molar-refractivity contribution in [3.05, 3.63) is 28.8 Å². The molecule has 2 heterocycles. The van der Waals surface area contributed by atoms with Crippen molar-refractivity contribution in [2.75, 3.05) is 26.5 Å². The third-order valence-electron chi connectivity index (χ3n) is 4.05. The molecule has 20 heavy (non-hydrogen) atoms. The Kier molecular flexibility index (Phi) is 3.84. The number of likely N-dealkylation sites (tertiary alicyclic amines) is 1. The van der Waals surface area contributed by atoms with Crippen molar-refractivity contribution in [2.45, 2.75) is 18.5 Å². The SMILES string of the molecule is COc1ccc(C(=O)N2C3CC2CN(SC)C3)cc1Cl. The predicted molar refractivity (Wildman–Crippen MR) is 81.5 cm³/mol. The van der Waals surface area contributed by atoms with Crippen LogP contribution in [-0.2, 0) is 0 Å². The maximum Gasteiger partial charge on any atom is 0.254 e. The highest BCUT2D eigenvalue weighted by Crippen LogP contribution is 2.36. The van der Waals surface area contributed by atoms with E-state index in [4.69, 9.17) is 16.3 Å². The van der Waals surface area contributed by atoms with Gasteiger partial charge in [-0.1, -0.05) is 23.5 Å². The Morgan fingerprint density at radius 3 is 2.65 bits per heavy atom. The Morgan fingerprint density at radius 2 is 2.10 bits per heavy atom. The van der Waals surface area contributed by atoms with Crippen LogP contribution in [0.3, 0.4) is 0 Å². The molecule has 0 spiro atoms. The second kappa shape index (κ2) is 5.47. The zero-order valence-electron chi connectivity index (χ0n) is 11.5. The molecule has 0 radical (unpaired) electrons. The summed E-state index contributed by atoms with van der Waals surface area (Å²) in [6, 6.07) is 5.92.